The zero-order valence-electron chi connectivity index (χ0n) is 10.1. The van der Waals surface area contributed by atoms with Crippen molar-refractivity contribution in [3.05, 3.63) is 63.3 Å². The molecule has 2 rings (SSSR count). The maximum Gasteiger partial charge on any atom is 0.254 e. The Morgan fingerprint density at radius 1 is 1.32 bits per heavy atom. The summed E-state index contributed by atoms with van der Waals surface area (Å²) in [5.74, 6) is -0.137. The summed E-state index contributed by atoms with van der Waals surface area (Å²) in [6, 6.07) is 11.1. The minimum Gasteiger partial charge on any atom is -0.352 e. The number of nitrogens with zero attached hydrogens (tertiary/aromatic N) is 1. The molecule has 19 heavy (non-hydrogen) atoms. The lowest BCUT2D eigenvalue weighted by Gasteiger charge is -2.06. The van der Waals surface area contributed by atoms with Crippen molar-refractivity contribution in [2.24, 2.45) is 0 Å². The van der Waals surface area contributed by atoms with Crippen LogP contribution in [0.2, 0.25) is 5.02 Å². The van der Waals surface area contributed by atoms with Crippen molar-refractivity contribution in [2.75, 3.05) is 6.54 Å². The highest BCUT2D eigenvalue weighted by Crippen LogP contribution is 2.13. The fourth-order valence-corrected chi connectivity index (χ4v) is 2.31. The Balaban J connectivity index is 1.90. The van der Waals surface area contributed by atoms with Crippen LogP contribution in [0.25, 0.3) is 0 Å². The molecule has 3 nitrogen and oxygen atoms in total. The topological polar surface area (TPSA) is 42.0 Å². The molecule has 0 atom stereocenters. The number of rotatable bonds is 4. The van der Waals surface area contributed by atoms with Gasteiger partial charge in [0.15, 0.2) is 0 Å². The highest BCUT2D eigenvalue weighted by molar-refractivity contribution is 9.10. The molecule has 0 radical (unpaired) electrons. The Kier molecular flexibility index (Phi) is 4.93. The molecule has 0 unspecified atom stereocenters. The van der Waals surface area contributed by atoms with E-state index in [1.807, 2.05) is 24.3 Å². The third-order valence-electron chi connectivity index (χ3n) is 2.59. The molecule has 1 heterocycles. The number of carbonyl (C=O) groups is 1. The molecule has 1 aromatic heterocycles. The maximum absolute atomic E-state index is 11.9. The quantitative estimate of drug-likeness (QED) is 0.867. The number of pyridine rings is 1. The van der Waals surface area contributed by atoms with Gasteiger partial charge in [-0.2, -0.15) is 0 Å². The molecule has 0 aliphatic carbocycles. The third-order valence-corrected chi connectivity index (χ3v) is 3.46. The van der Waals surface area contributed by atoms with Crippen LogP contribution in [0.3, 0.4) is 0 Å². The van der Waals surface area contributed by atoms with E-state index in [1.54, 1.807) is 18.3 Å². The van der Waals surface area contributed by atoms with Crippen molar-refractivity contribution >= 4 is 33.4 Å². The Morgan fingerprint density at radius 2 is 2.16 bits per heavy atom. The molecular formula is C14H12BrClN2O. The van der Waals surface area contributed by atoms with Crippen LogP contribution < -0.4 is 5.32 Å². The van der Waals surface area contributed by atoms with E-state index in [0.717, 1.165) is 12.0 Å². The van der Waals surface area contributed by atoms with Crippen LogP contribution in [0, 0.1) is 0 Å². The van der Waals surface area contributed by atoms with Gasteiger partial charge in [0.2, 0.25) is 0 Å². The Labute approximate surface area is 125 Å². The number of carbonyl (C=O) groups excluding carboxylic acids is 1. The molecule has 0 bridgehead atoms. The van der Waals surface area contributed by atoms with Gasteiger partial charge in [0, 0.05) is 17.8 Å². The minimum absolute atomic E-state index is 0.137. The van der Waals surface area contributed by atoms with Crippen LogP contribution in [-0.2, 0) is 6.42 Å². The summed E-state index contributed by atoms with van der Waals surface area (Å²) in [6.07, 6.45) is 2.37. The molecule has 98 valence electrons. The lowest BCUT2D eigenvalue weighted by molar-refractivity contribution is 0.0953. The summed E-state index contributed by atoms with van der Waals surface area (Å²) in [5.41, 5.74) is 1.63. The van der Waals surface area contributed by atoms with Gasteiger partial charge in [0.05, 0.1) is 5.56 Å². The molecule has 2 aromatic rings. The van der Waals surface area contributed by atoms with Crippen molar-refractivity contribution in [1.29, 1.82) is 0 Å². The van der Waals surface area contributed by atoms with Gasteiger partial charge in [-0.15, -0.1) is 0 Å². The smallest absolute Gasteiger partial charge is 0.254 e. The third kappa shape index (κ3) is 4.04. The molecule has 0 saturated carbocycles. The largest absolute Gasteiger partial charge is 0.352 e. The first kappa shape index (κ1) is 14.0. The van der Waals surface area contributed by atoms with Gasteiger partial charge < -0.3 is 5.32 Å². The first-order valence-electron chi connectivity index (χ1n) is 5.80. The number of amides is 1. The van der Waals surface area contributed by atoms with E-state index < -0.39 is 0 Å². The highest BCUT2D eigenvalue weighted by Gasteiger charge is 2.09. The van der Waals surface area contributed by atoms with Crippen LogP contribution in [0.4, 0.5) is 0 Å². The second-order valence-corrected chi connectivity index (χ2v) is 5.17. The Morgan fingerprint density at radius 3 is 2.89 bits per heavy atom. The van der Waals surface area contributed by atoms with Crippen molar-refractivity contribution < 1.29 is 4.79 Å². The van der Waals surface area contributed by atoms with Crippen LogP contribution in [0.15, 0.2) is 47.2 Å². The Bertz CT molecular complexity index is 589. The molecule has 1 N–H and O–H groups in total. The van der Waals surface area contributed by atoms with Gasteiger partial charge in [-0.3, -0.25) is 4.79 Å². The van der Waals surface area contributed by atoms with Crippen LogP contribution in [0.5, 0.6) is 0 Å². The highest BCUT2D eigenvalue weighted by atomic mass is 79.9. The molecule has 5 heteroatoms. The fourth-order valence-electron chi connectivity index (χ4n) is 1.66. The lowest BCUT2D eigenvalue weighted by Crippen LogP contribution is -2.26. The summed E-state index contributed by atoms with van der Waals surface area (Å²) >= 11 is 9.16. The fraction of sp³-hybridized carbons (Fsp3) is 0.143. The summed E-state index contributed by atoms with van der Waals surface area (Å²) in [5, 5.41) is 3.56. The van der Waals surface area contributed by atoms with E-state index in [0.29, 0.717) is 21.7 Å². The predicted octanol–water partition coefficient (Wildman–Crippen LogP) is 3.47. The average Bonchev–Trinajstić information content (AvgIpc) is 2.39. The van der Waals surface area contributed by atoms with E-state index in [4.69, 9.17) is 11.6 Å². The number of nitrogens with one attached hydrogen (secondary N) is 1. The molecular weight excluding hydrogens is 328 g/mol. The summed E-state index contributed by atoms with van der Waals surface area (Å²) in [7, 11) is 0. The van der Waals surface area contributed by atoms with Crippen molar-refractivity contribution in [1.82, 2.24) is 10.3 Å². The summed E-state index contributed by atoms with van der Waals surface area (Å²) < 4.78 is 0.551. The molecule has 0 fully saturated rings. The van der Waals surface area contributed by atoms with Crippen LogP contribution in [0.1, 0.15) is 15.9 Å². The van der Waals surface area contributed by atoms with Crippen molar-refractivity contribution in [3.8, 4) is 0 Å². The molecule has 1 aromatic carbocycles. The van der Waals surface area contributed by atoms with Gasteiger partial charge in [0.1, 0.15) is 4.60 Å². The standard InChI is InChI=1S/C14H12BrClN2O/c15-13-12(5-2-7-17-13)14(19)18-8-6-10-3-1-4-11(16)9-10/h1-5,7,9H,6,8H2,(H,18,19). The summed E-state index contributed by atoms with van der Waals surface area (Å²) in [6.45, 7) is 0.556. The monoisotopic (exact) mass is 338 g/mol. The molecule has 0 aliphatic heterocycles. The zero-order chi connectivity index (χ0) is 13.7. The van der Waals surface area contributed by atoms with E-state index >= 15 is 0 Å². The van der Waals surface area contributed by atoms with E-state index in [2.05, 4.69) is 26.2 Å². The first-order chi connectivity index (χ1) is 9.16. The second kappa shape index (κ2) is 6.68. The molecule has 0 spiro atoms. The Hall–Kier alpha value is -1.39. The van der Waals surface area contributed by atoms with Gasteiger partial charge in [0.25, 0.3) is 5.91 Å². The summed E-state index contributed by atoms with van der Waals surface area (Å²) in [4.78, 5) is 15.9. The van der Waals surface area contributed by atoms with Gasteiger partial charge in [-0.25, -0.2) is 4.98 Å². The molecule has 0 saturated heterocycles. The zero-order valence-corrected chi connectivity index (χ0v) is 12.4. The number of hydrogen-bond acceptors (Lipinski definition) is 2. The van der Waals surface area contributed by atoms with Gasteiger partial charge in [-0.05, 0) is 52.2 Å². The SMILES string of the molecule is O=C(NCCc1cccc(Cl)c1)c1cccnc1Br. The van der Waals surface area contributed by atoms with E-state index in [-0.39, 0.29) is 5.91 Å². The van der Waals surface area contributed by atoms with Crippen molar-refractivity contribution in [3.63, 3.8) is 0 Å². The van der Waals surface area contributed by atoms with Gasteiger partial charge >= 0.3 is 0 Å². The van der Waals surface area contributed by atoms with Crippen molar-refractivity contribution in [2.45, 2.75) is 6.42 Å². The first-order valence-corrected chi connectivity index (χ1v) is 6.97. The maximum atomic E-state index is 11.9. The van der Waals surface area contributed by atoms with E-state index in [1.165, 1.54) is 0 Å². The predicted molar refractivity (Wildman–Crippen MR) is 79.4 cm³/mol. The normalized spacial score (nSPS) is 10.2. The van der Waals surface area contributed by atoms with E-state index in [9.17, 15) is 4.79 Å². The van der Waals surface area contributed by atoms with Crippen LogP contribution in [-0.4, -0.2) is 17.4 Å². The number of aromatic nitrogens is 1. The number of benzene rings is 1. The number of halogens is 2. The molecule has 1 amide bonds. The van der Waals surface area contributed by atoms with Crippen LogP contribution >= 0.6 is 27.5 Å². The minimum atomic E-state index is -0.137. The number of hydrogen-bond donors (Lipinski definition) is 1. The lowest BCUT2D eigenvalue weighted by atomic mass is 10.1. The second-order valence-electron chi connectivity index (χ2n) is 3.98. The molecule has 0 aliphatic rings. The average molecular weight is 340 g/mol. The van der Waals surface area contributed by atoms with Gasteiger partial charge in [-0.1, -0.05) is 23.7 Å².